The number of hydrogen-bond donors (Lipinski definition) is 4. The predicted octanol–water partition coefficient (Wildman–Crippen LogP) is 1.57. The van der Waals surface area contributed by atoms with Crippen molar-refractivity contribution in [3.8, 4) is 5.75 Å². The van der Waals surface area contributed by atoms with Gasteiger partial charge in [-0.2, -0.15) is 4.72 Å². The first-order valence-electron chi connectivity index (χ1n) is 8.10. The molecule has 0 bridgehead atoms. The monoisotopic (exact) mass is 389 g/mol. The van der Waals surface area contributed by atoms with Crippen LogP contribution in [-0.2, 0) is 21.2 Å². The maximum atomic E-state index is 12.6. The summed E-state index contributed by atoms with van der Waals surface area (Å²) >= 11 is 0. The minimum Gasteiger partial charge on any atom is -0.497 e. The van der Waals surface area contributed by atoms with Gasteiger partial charge in [-0.1, -0.05) is 18.2 Å². The van der Waals surface area contributed by atoms with Gasteiger partial charge in [0, 0.05) is 17.1 Å². The second kappa shape index (κ2) is 7.78. The molecule has 1 aromatic heterocycles. The lowest BCUT2D eigenvalue weighted by Crippen LogP contribution is -2.47. The van der Waals surface area contributed by atoms with Gasteiger partial charge in [0.05, 0.1) is 12.0 Å². The molecule has 0 saturated heterocycles. The summed E-state index contributed by atoms with van der Waals surface area (Å²) in [7, 11) is -2.51. The molecule has 27 heavy (non-hydrogen) atoms. The molecule has 0 aliphatic rings. The number of carbonyl (C=O) groups excluding carboxylic acids is 1. The van der Waals surface area contributed by atoms with Gasteiger partial charge in [-0.15, -0.1) is 0 Å². The van der Waals surface area contributed by atoms with Crippen LogP contribution in [0.25, 0.3) is 10.9 Å². The van der Waals surface area contributed by atoms with E-state index >= 15 is 0 Å². The summed E-state index contributed by atoms with van der Waals surface area (Å²) in [6, 6.07) is 12.0. The lowest BCUT2D eigenvalue weighted by Gasteiger charge is -2.17. The van der Waals surface area contributed by atoms with Gasteiger partial charge < -0.3 is 9.72 Å². The summed E-state index contributed by atoms with van der Waals surface area (Å²) in [6.07, 6.45) is 1.77. The summed E-state index contributed by atoms with van der Waals surface area (Å²) in [5.74, 6) is -0.338. The lowest BCUT2D eigenvalue weighted by atomic mass is 10.1. The summed E-state index contributed by atoms with van der Waals surface area (Å²) in [4.78, 5) is 15.1. The highest BCUT2D eigenvalue weighted by Gasteiger charge is 2.26. The van der Waals surface area contributed by atoms with Gasteiger partial charge in [-0.05, 0) is 42.3 Å². The molecular weight excluding hydrogens is 370 g/mol. The Hall–Kier alpha value is -2.88. The Morgan fingerprint density at radius 2 is 1.89 bits per heavy atom. The van der Waals surface area contributed by atoms with E-state index in [-0.39, 0.29) is 11.3 Å². The Balaban J connectivity index is 1.87. The third-order valence-electron chi connectivity index (χ3n) is 4.19. The molecule has 0 aliphatic heterocycles. The Kier molecular flexibility index (Phi) is 5.45. The van der Waals surface area contributed by atoms with E-state index in [1.807, 2.05) is 24.3 Å². The molecule has 0 spiro atoms. The van der Waals surface area contributed by atoms with Crippen LogP contribution in [0, 0.1) is 0 Å². The average Bonchev–Trinajstić information content (AvgIpc) is 3.09. The number of rotatable bonds is 7. The van der Waals surface area contributed by atoms with Crippen molar-refractivity contribution in [2.75, 3.05) is 7.11 Å². The van der Waals surface area contributed by atoms with Gasteiger partial charge in [0.2, 0.25) is 10.0 Å². The summed E-state index contributed by atoms with van der Waals surface area (Å²) in [5, 5.41) is 9.90. The number of fused-ring (bicyclic) bond motifs is 1. The SMILES string of the molecule is COc1ccc(S(=O)(=O)NC(Cc2c[nH]c3ccccc23)C(=O)NO)cc1. The molecule has 1 amide bonds. The van der Waals surface area contributed by atoms with Gasteiger partial charge in [0.25, 0.3) is 5.91 Å². The number of para-hydroxylation sites is 1. The Morgan fingerprint density at radius 3 is 2.56 bits per heavy atom. The normalized spacial score (nSPS) is 12.7. The summed E-state index contributed by atoms with van der Waals surface area (Å²) in [5.41, 5.74) is 3.14. The Labute approximate surface area is 156 Å². The zero-order valence-electron chi connectivity index (χ0n) is 14.5. The van der Waals surface area contributed by atoms with Crippen LogP contribution in [0.4, 0.5) is 0 Å². The largest absolute Gasteiger partial charge is 0.497 e. The van der Waals surface area contributed by atoms with Crippen molar-refractivity contribution in [3.63, 3.8) is 0 Å². The van der Waals surface area contributed by atoms with E-state index in [9.17, 15) is 13.2 Å². The fourth-order valence-corrected chi connectivity index (χ4v) is 3.99. The number of amides is 1. The first-order valence-corrected chi connectivity index (χ1v) is 9.58. The molecule has 1 atom stereocenters. The molecule has 142 valence electrons. The van der Waals surface area contributed by atoms with E-state index in [2.05, 4.69) is 9.71 Å². The number of benzene rings is 2. The first kappa shape index (κ1) is 18.9. The molecule has 0 saturated carbocycles. The summed E-state index contributed by atoms with van der Waals surface area (Å²) in [6.45, 7) is 0. The highest BCUT2D eigenvalue weighted by molar-refractivity contribution is 7.89. The highest BCUT2D eigenvalue weighted by atomic mass is 32.2. The average molecular weight is 389 g/mol. The van der Waals surface area contributed by atoms with Gasteiger partial charge in [-0.25, -0.2) is 13.9 Å². The molecule has 0 fully saturated rings. The van der Waals surface area contributed by atoms with Crippen LogP contribution < -0.4 is 14.9 Å². The van der Waals surface area contributed by atoms with Gasteiger partial charge in [0.1, 0.15) is 11.8 Å². The summed E-state index contributed by atoms with van der Waals surface area (Å²) < 4.78 is 32.6. The van der Waals surface area contributed by atoms with E-state index in [4.69, 9.17) is 9.94 Å². The van der Waals surface area contributed by atoms with Crippen molar-refractivity contribution in [2.45, 2.75) is 17.4 Å². The molecule has 0 aliphatic carbocycles. The van der Waals surface area contributed by atoms with Crippen molar-refractivity contribution in [1.82, 2.24) is 15.2 Å². The fourth-order valence-electron chi connectivity index (χ4n) is 2.80. The van der Waals surface area contributed by atoms with Gasteiger partial charge in [0.15, 0.2) is 0 Å². The van der Waals surface area contributed by atoms with Crippen molar-refractivity contribution in [2.24, 2.45) is 0 Å². The number of carbonyl (C=O) groups is 1. The zero-order chi connectivity index (χ0) is 19.4. The number of aromatic amines is 1. The quantitative estimate of drug-likeness (QED) is 0.361. The number of hydroxylamine groups is 1. The van der Waals surface area contributed by atoms with Crippen LogP contribution in [0.5, 0.6) is 5.75 Å². The van der Waals surface area contributed by atoms with E-state index < -0.39 is 22.0 Å². The highest BCUT2D eigenvalue weighted by Crippen LogP contribution is 2.20. The number of ether oxygens (including phenoxy) is 1. The zero-order valence-corrected chi connectivity index (χ0v) is 15.3. The van der Waals surface area contributed by atoms with Crippen LogP contribution >= 0.6 is 0 Å². The molecule has 1 heterocycles. The van der Waals surface area contributed by atoms with Crippen molar-refractivity contribution in [1.29, 1.82) is 0 Å². The maximum absolute atomic E-state index is 12.6. The van der Waals surface area contributed by atoms with Crippen LogP contribution in [-0.4, -0.2) is 37.7 Å². The van der Waals surface area contributed by atoms with Crippen LogP contribution in [0.3, 0.4) is 0 Å². The topological polar surface area (TPSA) is 121 Å². The number of nitrogens with one attached hydrogen (secondary N) is 3. The Bertz CT molecular complexity index is 1040. The van der Waals surface area contributed by atoms with Crippen molar-refractivity contribution < 1.29 is 23.2 Å². The number of aromatic nitrogens is 1. The standard InChI is InChI=1S/C18H19N3O5S/c1-26-13-6-8-14(9-7-13)27(24,25)21-17(18(22)20-23)10-12-11-19-16-5-3-2-4-15(12)16/h2-9,11,17,19,21,23H,10H2,1H3,(H,20,22). The van der Waals surface area contributed by atoms with Gasteiger partial charge in [-0.3, -0.25) is 10.0 Å². The molecule has 8 nitrogen and oxygen atoms in total. The first-order chi connectivity index (χ1) is 12.9. The maximum Gasteiger partial charge on any atom is 0.261 e. The van der Waals surface area contributed by atoms with Crippen LogP contribution in [0.15, 0.2) is 59.6 Å². The second-order valence-corrected chi connectivity index (χ2v) is 7.60. The lowest BCUT2D eigenvalue weighted by molar-refractivity contribution is -0.130. The molecule has 3 aromatic rings. The van der Waals surface area contributed by atoms with Gasteiger partial charge >= 0.3 is 0 Å². The molecule has 9 heteroatoms. The minimum atomic E-state index is -3.98. The minimum absolute atomic E-state index is 0.0158. The third-order valence-corrected chi connectivity index (χ3v) is 5.68. The molecule has 0 radical (unpaired) electrons. The van der Waals surface area contributed by atoms with Crippen LogP contribution in [0.1, 0.15) is 5.56 Å². The van der Waals surface area contributed by atoms with E-state index in [0.717, 1.165) is 16.5 Å². The van der Waals surface area contributed by atoms with E-state index in [0.29, 0.717) is 5.75 Å². The van der Waals surface area contributed by atoms with E-state index in [1.165, 1.54) is 36.9 Å². The van der Waals surface area contributed by atoms with Crippen LogP contribution in [0.2, 0.25) is 0 Å². The number of H-pyrrole nitrogens is 1. The number of sulfonamides is 1. The second-order valence-electron chi connectivity index (χ2n) is 5.89. The smallest absolute Gasteiger partial charge is 0.261 e. The van der Waals surface area contributed by atoms with Crippen molar-refractivity contribution >= 4 is 26.8 Å². The Morgan fingerprint density at radius 1 is 1.19 bits per heavy atom. The molecule has 4 N–H and O–H groups in total. The fraction of sp³-hybridized carbons (Fsp3) is 0.167. The molecule has 3 rings (SSSR count). The van der Waals surface area contributed by atoms with Crippen molar-refractivity contribution in [3.05, 3.63) is 60.3 Å². The van der Waals surface area contributed by atoms with E-state index in [1.54, 1.807) is 6.20 Å². The molecule has 1 unspecified atom stereocenters. The predicted molar refractivity (Wildman–Crippen MR) is 99.0 cm³/mol. The number of hydrogen-bond acceptors (Lipinski definition) is 5. The number of methoxy groups -OCH3 is 1. The molecule has 2 aromatic carbocycles. The molecular formula is C18H19N3O5S. The third kappa shape index (κ3) is 4.11.